The van der Waals surface area contributed by atoms with Crippen LogP contribution in [-0.2, 0) is 0 Å². The Morgan fingerprint density at radius 3 is 2.80 bits per heavy atom. The highest BCUT2D eigenvalue weighted by molar-refractivity contribution is 6.34. The summed E-state index contributed by atoms with van der Waals surface area (Å²) >= 11 is 6.09. The number of benzene rings is 1. The Kier molecular flexibility index (Phi) is 3.10. The molecule has 0 radical (unpaired) electrons. The number of nitrogens with one attached hydrogen (secondary N) is 1. The van der Waals surface area contributed by atoms with Crippen molar-refractivity contribution < 1.29 is 4.42 Å². The van der Waals surface area contributed by atoms with Crippen LogP contribution in [0.25, 0.3) is 22.4 Å². The molecule has 0 amide bonds. The first-order valence-electron chi connectivity index (χ1n) is 6.34. The van der Waals surface area contributed by atoms with Crippen molar-refractivity contribution in [1.29, 1.82) is 0 Å². The van der Waals surface area contributed by atoms with Crippen molar-refractivity contribution in [3.8, 4) is 11.5 Å². The van der Waals surface area contributed by atoms with Gasteiger partial charge in [0.05, 0.1) is 5.02 Å². The van der Waals surface area contributed by atoms with E-state index in [0.29, 0.717) is 27.9 Å². The molecule has 2 aromatic heterocycles. The van der Waals surface area contributed by atoms with E-state index in [-0.39, 0.29) is 11.5 Å². The third kappa shape index (κ3) is 2.23. The fraction of sp³-hybridized carbons (Fsp3) is 0.200. The molecule has 102 valence electrons. The molecule has 4 nitrogen and oxygen atoms in total. The molecule has 20 heavy (non-hydrogen) atoms. The molecule has 0 saturated heterocycles. The summed E-state index contributed by atoms with van der Waals surface area (Å²) in [6.07, 6.45) is 0. The second kappa shape index (κ2) is 4.80. The first-order chi connectivity index (χ1) is 9.54. The minimum absolute atomic E-state index is 0.135. The van der Waals surface area contributed by atoms with Gasteiger partial charge in [0.1, 0.15) is 11.5 Å². The van der Waals surface area contributed by atoms with Crippen molar-refractivity contribution in [2.24, 2.45) is 0 Å². The average Bonchev–Trinajstić information content (AvgIpc) is 2.83. The third-order valence-electron chi connectivity index (χ3n) is 3.06. The van der Waals surface area contributed by atoms with Crippen molar-refractivity contribution in [3.05, 3.63) is 51.5 Å². The van der Waals surface area contributed by atoms with E-state index < -0.39 is 0 Å². The SMILES string of the molecule is CC(C)c1nc(-c2cc3cccc(Cl)c3o2)cc(=O)[nH]1. The normalized spacial score (nSPS) is 11.4. The van der Waals surface area contributed by atoms with Gasteiger partial charge in [-0.3, -0.25) is 4.79 Å². The maximum absolute atomic E-state index is 11.7. The zero-order valence-corrected chi connectivity index (χ0v) is 11.9. The van der Waals surface area contributed by atoms with E-state index in [4.69, 9.17) is 16.0 Å². The molecule has 3 rings (SSSR count). The number of H-pyrrole nitrogens is 1. The number of halogens is 1. The van der Waals surface area contributed by atoms with Crippen molar-refractivity contribution in [2.45, 2.75) is 19.8 Å². The predicted molar refractivity (Wildman–Crippen MR) is 79.2 cm³/mol. The Labute approximate surface area is 120 Å². The number of hydrogen-bond donors (Lipinski definition) is 1. The first-order valence-corrected chi connectivity index (χ1v) is 6.72. The van der Waals surface area contributed by atoms with Gasteiger partial charge in [0.2, 0.25) is 0 Å². The van der Waals surface area contributed by atoms with Crippen LogP contribution in [0.1, 0.15) is 25.6 Å². The van der Waals surface area contributed by atoms with Gasteiger partial charge < -0.3 is 9.40 Å². The highest BCUT2D eigenvalue weighted by atomic mass is 35.5. The van der Waals surface area contributed by atoms with Crippen LogP contribution in [-0.4, -0.2) is 9.97 Å². The maximum Gasteiger partial charge on any atom is 0.251 e. The summed E-state index contributed by atoms with van der Waals surface area (Å²) in [5.74, 6) is 1.32. The number of para-hydroxylation sites is 1. The molecular formula is C15H13ClN2O2. The Bertz CT molecular complexity index is 833. The molecular weight excluding hydrogens is 276 g/mol. The molecule has 0 aliphatic heterocycles. The van der Waals surface area contributed by atoms with Gasteiger partial charge in [-0.25, -0.2) is 4.98 Å². The largest absolute Gasteiger partial charge is 0.453 e. The average molecular weight is 289 g/mol. The number of aromatic amines is 1. The standard InChI is InChI=1S/C15H13ClN2O2/c1-8(2)15-17-11(7-13(19)18-15)12-6-9-4-3-5-10(16)14(9)20-12/h3-8H,1-2H3,(H,17,18,19). The van der Waals surface area contributed by atoms with Crippen LogP contribution in [0.5, 0.6) is 0 Å². The van der Waals surface area contributed by atoms with Crippen LogP contribution in [0.2, 0.25) is 5.02 Å². The molecule has 1 N–H and O–H groups in total. The topological polar surface area (TPSA) is 58.9 Å². The number of fused-ring (bicyclic) bond motifs is 1. The first kappa shape index (κ1) is 12.9. The summed E-state index contributed by atoms with van der Waals surface area (Å²) in [6, 6.07) is 8.80. The van der Waals surface area contributed by atoms with E-state index in [1.165, 1.54) is 6.07 Å². The molecule has 1 aromatic carbocycles. The number of hydrogen-bond acceptors (Lipinski definition) is 3. The monoisotopic (exact) mass is 288 g/mol. The smallest absolute Gasteiger partial charge is 0.251 e. The number of rotatable bonds is 2. The van der Waals surface area contributed by atoms with Crippen molar-refractivity contribution in [2.75, 3.05) is 0 Å². The summed E-state index contributed by atoms with van der Waals surface area (Å²) in [5.41, 5.74) is 0.937. The predicted octanol–water partition coefficient (Wildman–Crippen LogP) is 3.96. The van der Waals surface area contributed by atoms with Crippen molar-refractivity contribution >= 4 is 22.6 Å². The third-order valence-corrected chi connectivity index (χ3v) is 3.35. The molecule has 0 atom stereocenters. The second-order valence-corrected chi connectivity index (χ2v) is 5.35. The van der Waals surface area contributed by atoms with Crippen LogP contribution in [0, 0.1) is 0 Å². The van der Waals surface area contributed by atoms with E-state index in [0.717, 1.165) is 5.39 Å². The van der Waals surface area contributed by atoms with Gasteiger partial charge in [-0.2, -0.15) is 0 Å². The van der Waals surface area contributed by atoms with Crippen molar-refractivity contribution in [1.82, 2.24) is 9.97 Å². The summed E-state index contributed by atoms with van der Waals surface area (Å²) in [7, 11) is 0. The molecule has 0 spiro atoms. The van der Waals surface area contributed by atoms with E-state index in [1.54, 1.807) is 6.07 Å². The van der Waals surface area contributed by atoms with E-state index in [9.17, 15) is 4.79 Å². The molecule has 0 aliphatic rings. The molecule has 0 bridgehead atoms. The van der Waals surface area contributed by atoms with Gasteiger partial charge in [0.15, 0.2) is 11.3 Å². The van der Waals surface area contributed by atoms with E-state index >= 15 is 0 Å². The lowest BCUT2D eigenvalue weighted by Gasteiger charge is -2.04. The lowest BCUT2D eigenvalue weighted by atomic mass is 10.2. The van der Waals surface area contributed by atoms with Gasteiger partial charge >= 0.3 is 0 Å². The van der Waals surface area contributed by atoms with Crippen molar-refractivity contribution in [3.63, 3.8) is 0 Å². The van der Waals surface area contributed by atoms with Gasteiger partial charge in [-0.05, 0) is 12.1 Å². The Hall–Kier alpha value is -2.07. The van der Waals surface area contributed by atoms with Gasteiger partial charge in [-0.15, -0.1) is 0 Å². The zero-order valence-electron chi connectivity index (χ0n) is 11.1. The lowest BCUT2D eigenvalue weighted by molar-refractivity contribution is 0.626. The minimum Gasteiger partial charge on any atom is -0.453 e. The minimum atomic E-state index is -0.190. The van der Waals surface area contributed by atoms with E-state index in [2.05, 4.69) is 9.97 Å². The van der Waals surface area contributed by atoms with E-state index in [1.807, 2.05) is 32.0 Å². The molecule has 0 saturated carbocycles. The summed E-state index contributed by atoms with van der Waals surface area (Å²) in [5, 5.41) is 1.43. The maximum atomic E-state index is 11.7. The molecule has 2 heterocycles. The van der Waals surface area contributed by atoms with Gasteiger partial charge in [0.25, 0.3) is 5.56 Å². The van der Waals surface area contributed by atoms with Crippen LogP contribution in [0.3, 0.4) is 0 Å². The summed E-state index contributed by atoms with van der Waals surface area (Å²) in [6.45, 7) is 3.94. The van der Waals surface area contributed by atoms with Gasteiger partial charge in [-0.1, -0.05) is 37.6 Å². The Morgan fingerprint density at radius 2 is 2.10 bits per heavy atom. The molecule has 3 aromatic rings. The fourth-order valence-corrected chi connectivity index (χ4v) is 2.25. The highest BCUT2D eigenvalue weighted by Gasteiger charge is 2.12. The highest BCUT2D eigenvalue weighted by Crippen LogP contribution is 2.31. The van der Waals surface area contributed by atoms with Crippen LogP contribution < -0.4 is 5.56 Å². The Morgan fingerprint density at radius 1 is 1.30 bits per heavy atom. The van der Waals surface area contributed by atoms with Crippen LogP contribution >= 0.6 is 11.6 Å². The van der Waals surface area contributed by atoms with Gasteiger partial charge in [0, 0.05) is 17.4 Å². The molecule has 0 unspecified atom stereocenters. The molecule has 0 fully saturated rings. The molecule has 0 aliphatic carbocycles. The quantitative estimate of drug-likeness (QED) is 0.776. The summed E-state index contributed by atoms with van der Waals surface area (Å²) in [4.78, 5) is 18.9. The summed E-state index contributed by atoms with van der Waals surface area (Å²) < 4.78 is 5.73. The zero-order chi connectivity index (χ0) is 14.3. The number of aromatic nitrogens is 2. The number of furan rings is 1. The van der Waals surface area contributed by atoms with Crippen LogP contribution in [0.4, 0.5) is 0 Å². The lowest BCUT2D eigenvalue weighted by Crippen LogP contribution is -2.11. The molecule has 5 heteroatoms. The fourth-order valence-electron chi connectivity index (χ4n) is 2.03. The number of nitrogens with zero attached hydrogens (tertiary/aromatic N) is 1. The van der Waals surface area contributed by atoms with Crippen LogP contribution in [0.15, 0.2) is 39.5 Å². The Balaban J connectivity index is 2.20. The second-order valence-electron chi connectivity index (χ2n) is 4.94.